The molecule has 0 aliphatic carbocycles. The van der Waals surface area contributed by atoms with Gasteiger partial charge in [0.25, 0.3) is 0 Å². The summed E-state index contributed by atoms with van der Waals surface area (Å²) in [7, 11) is 0. The van der Waals surface area contributed by atoms with Gasteiger partial charge in [-0.05, 0) is 43.4 Å². The monoisotopic (exact) mass is 313 g/mol. The van der Waals surface area contributed by atoms with Gasteiger partial charge < -0.3 is 15.2 Å². The molecule has 1 fully saturated rings. The molecule has 18 heavy (non-hydrogen) atoms. The first kappa shape index (κ1) is 13.8. The number of hydrogen-bond acceptors (Lipinski definition) is 3. The molecular formula is C14H20BrNO2. The Bertz CT molecular complexity index is 403. The van der Waals surface area contributed by atoms with Crippen LogP contribution in [-0.2, 0) is 11.3 Å². The second-order valence-corrected chi connectivity index (χ2v) is 5.70. The van der Waals surface area contributed by atoms with Crippen LogP contribution in [0.25, 0.3) is 0 Å². The lowest BCUT2D eigenvalue weighted by Gasteiger charge is -2.23. The minimum Gasteiger partial charge on any atom is -0.493 e. The molecule has 4 heteroatoms. The number of halogens is 1. The van der Waals surface area contributed by atoms with E-state index in [4.69, 9.17) is 15.2 Å². The Kier molecular flexibility index (Phi) is 5.03. The van der Waals surface area contributed by atoms with Crippen LogP contribution in [0.2, 0.25) is 0 Å². The Hall–Kier alpha value is -0.580. The Balaban J connectivity index is 2.03. The van der Waals surface area contributed by atoms with Gasteiger partial charge in [-0.1, -0.05) is 15.9 Å². The molecule has 2 rings (SSSR count). The van der Waals surface area contributed by atoms with E-state index in [0.29, 0.717) is 12.5 Å². The topological polar surface area (TPSA) is 44.5 Å². The predicted molar refractivity (Wildman–Crippen MR) is 75.8 cm³/mol. The highest BCUT2D eigenvalue weighted by Crippen LogP contribution is 2.29. The zero-order chi connectivity index (χ0) is 13.0. The van der Waals surface area contributed by atoms with Gasteiger partial charge in [0.05, 0.1) is 6.61 Å². The third kappa shape index (κ3) is 3.46. The van der Waals surface area contributed by atoms with Crippen molar-refractivity contribution < 1.29 is 9.47 Å². The summed E-state index contributed by atoms with van der Waals surface area (Å²) in [5.41, 5.74) is 7.98. The van der Waals surface area contributed by atoms with E-state index in [0.717, 1.165) is 54.0 Å². The van der Waals surface area contributed by atoms with Gasteiger partial charge in [-0.3, -0.25) is 0 Å². The lowest BCUT2D eigenvalue weighted by Crippen LogP contribution is -2.22. The van der Waals surface area contributed by atoms with Crippen molar-refractivity contribution in [3.63, 3.8) is 0 Å². The Morgan fingerprint density at radius 3 is 2.78 bits per heavy atom. The smallest absolute Gasteiger partial charge is 0.126 e. The molecule has 3 nitrogen and oxygen atoms in total. The molecule has 2 N–H and O–H groups in total. The fourth-order valence-corrected chi connectivity index (χ4v) is 2.89. The zero-order valence-electron chi connectivity index (χ0n) is 10.7. The van der Waals surface area contributed by atoms with Gasteiger partial charge in [-0.15, -0.1) is 0 Å². The summed E-state index contributed by atoms with van der Waals surface area (Å²) in [5, 5.41) is 0. The van der Waals surface area contributed by atoms with Crippen LogP contribution >= 0.6 is 15.9 Å². The molecular weight excluding hydrogens is 294 g/mol. The predicted octanol–water partition coefficient (Wildman–Crippen LogP) is 3.02. The van der Waals surface area contributed by atoms with Crippen molar-refractivity contribution in [2.45, 2.75) is 26.3 Å². The number of aryl methyl sites for hydroxylation is 1. The van der Waals surface area contributed by atoms with Gasteiger partial charge in [0.15, 0.2) is 0 Å². The first-order valence-corrected chi connectivity index (χ1v) is 7.19. The maximum atomic E-state index is 6.00. The van der Waals surface area contributed by atoms with Gasteiger partial charge in [-0.2, -0.15) is 0 Å². The number of ether oxygens (including phenoxy) is 2. The molecule has 1 saturated heterocycles. The van der Waals surface area contributed by atoms with E-state index in [1.165, 1.54) is 0 Å². The lowest BCUT2D eigenvalue weighted by molar-refractivity contribution is 0.0495. The highest BCUT2D eigenvalue weighted by molar-refractivity contribution is 9.10. The van der Waals surface area contributed by atoms with E-state index >= 15 is 0 Å². The molecule has 1 aromatic carbocycles. The fraction of sp³-hybridized carbons (Fsp3) is 0.571. The SMILES string of the molecule is Cc1cc(Br)cc(CN)c1OCC1CCOCC1. The summed E-state index contributed by atoms with van der Waals surface area (Å²) in [5.74, 6) is 1.56. The third-order valence-corrected chi connectivity index (χ3v) is 3.80. The number of nitrogens with two attached hydrogens (primary N) is 1. The zero-order valence-corrected chi connectivity index (χ0v) is 12.3. The Morgan fingerprint density at radius 1 is 1.39 bits per heavy atom. The second-order valence-electron chi connectivity index (χ2n) is 4.78. The van der Waals surface area contributed by atoms with E-state index in [1.807, 2.05) is 6.07 Å². The molecule has 1 heterocycles. The molecule has 0 saturated carbocycles. The fourth-order valence-electron chi connectivity index (χ4n) is 2.27. The van der Waals surface area contributed by atoms with E-state index in [1.54, 1.807) is 0 Å². The van der Waals surface area contributed by atoms with E-state index in [-0.39, 0.29) is 0 Å². The maximum Gasteiger partial charge on any atom is 0.126 e. The summed E-state index contributed by atoms with van der Waals surface area (Å²) in [6, 6.07) is 4.10. The molecule has 0 bridgehead atoms. The molecule has 0 aromatic heterocycles. The maximum absolute atomic E-state index is 6.00. The van der Waals surface area contributed by atoms with Crippen molar-refractivity contribution in [3.8, 4) is 5.75 Å². The molecule has 0 unspecified atom stereocenters. The molecule has 0 spiro atoms. The third-order valence-electron chi connectivity index (χ3n) is 3.34. The minimum absolute atomic E-state index is 0.503. The normalized spacial score (nSPS) is 16.8. The summed E-state index contributed by atoms with van der Waals surface area (Å²) in [6.45, 7) is 5.04. The summed E-state index contributed by atoms with van der Waals surface area (Å²) < 4.78 is 12.4. The van der Waals surface area contributed by atoms with E-state index in [9.17, 15) is 0 Å². The largest absolute Gasteiger partial charge is 0.493 e. The first-order valence-electron chi connectivity index (χ1n) is 6.40. The van der Waals surface area contributed by atoms with Crippen molar-refractivity contribution in [2.75, 3.05) is 19.8 Å². The first-order chi connectivity index (χ1) is 8.70. The van der Waals surface area contributed by atoms with Crippen molar-refractivity contribution >= 4 is 15.9 Å². The van der Waals surface area contributed by atoms with Crippen LogP contribution in [0.3, 0.4) is 0 Å². The van der Waals surface area contributed by atoms with Gasteiger partial charge in [-0.25, -0.2) is 0 Å². The standard InChI is InChI=1S/C14H20BrNO2/c1-10-6-13(15)7-12(8-16)14(10)18-9-11-2-4-17-5-3-11/h6-7,11H,2-5,8-9,16H2,1H3. The van der Waals surface area contributed by atoms with Crippen LogP contribution < -0.4 is 10.5 Å². The van der Waals surface area contributed by atoms with Crippen molar-refractivity contribution in [2.24, 2.45) is 11.7 Å². The van der Waals surface area contributed by atoms with Gasteiger partial charge in [0.2, 0.25) is 0 Å². The van der Waals surface area contributed by atoms with Crippen LogP contribution in [0.1, 0.15) is 24.0 Å². The molecule has 100 valence electrons. The summed E-state index contributed by atoms with van der Waals surface area (Å²) >= 11 is 3.49. The quantitative estimate of drug-likeness (QED) is 0.929. The van der Waals surface area contributed by atoms with E-state index in [2.05, 4.69) is 28.9 Å². The minimum atomic E-state index is 0.503. The van der Waals surface area contributed by atoms with Crippen LogP contribution in [0.5, 0.6) is 5.75 Å². The average Bonchev–Trinajstić information content (AvgIpc) is 2.38. The number of rotatable bonds is 4. The van der Waals surface area contributed by atoms with Crippen molar-refractivity contribution in [3.05, 3.63) is 27.7 Å². The summed E-state index contributed by atoms with van der Waals surface area (Å²) in [6.07, 6.45) is 2.18. The molecule has 0 radical (unpaired) electrons. The Labute approximate surface area is 117 Å². The van der Waals surface area contributed by atoms with Gasteiger partial charge >= 0.3 is 0 Å². The highest BCUT2D eigenvalue weighted by atomic mass is 79.9. The van der Waals surface area contributed by atoms with Crippen molar-refractivity contribution in [1.29, 1.82) is 0 Å². The number of hydrogen-bond donors (Lipinski definition) is 1. The van der Waals surface area contributed by atoms with Gasteiger partial charge in [0.1, 0.15) is 5.75 Å². The number of benzene rings is 1. The van der Waals surface area contributed by atoms with Gasteiger partial charge in [0, 0.05) is 29.8 Å². The molecule has 0 atom stereocenters. The lowest BCUT2D eigenvalue weighted by atomic mass is 10.0. The molecule has 1 aliphatic rings. The van der Waals surface area contributed by atoms with Crippen LogP contribution in [-0.4, -0.2) is 19.8 Å². The van der Waals surface area contributed by atoms with Crippen LogP contribution in [0, 0.1) is 12.8 Å². The molecule has 1 aromatic rings. The van der Waals surface area contributed by atoms with Crippen LogP contribution in [0.15, 0.2) is 16.6 Å². The Morgan fingerprint density at radius 2 is 2.11 bits per heavy atom. The van der Waals surface area contributed by atoms with Crippen molar-refractivity contribution in [1.82, 2.24) is 0 Å². The highest BCUT2D eigenvalue weighted by Gasteiger charge is 2.16. The summed E-state index contributed by atoms with van der Waals surface area (Å²) in [4.78, 5) is 0. The molecule has 1 aliphatic heterocycles. The second kappa shape index (κ2) is 6.55. The van der Waals surface area contributed by atoms with E-state index < -0.39 is 0 Å². The average molecular weight is 314 g/mol. The van der Waals surface area contributed by atoms with Crippen LogP contribution in [0.4, 0.5) is 0 Å². The molecule has 0 amide bonds.